The summed E-state index contributed by atoms with van der Waals surface area (Å²) in [7, 11) is 0. The maximum absolute atomic E-state index is 12.1. The van der Waals surface area contributed by atoms with E-state index in [1.165, 1.54) is 5.57 Å². The predicted octanol–water partition coefficient (Wildman–Crippen LogP) is 3.58. The van der Waals surface area contributed by atoms with Crippen molar-refractivity contribution in [1.29, 1.82) is 0 Å². The smallest absolute Gasteiger partial charge is 0.331 e. The van der Waals surface area contributed by atoms with Gasteiger partial charge in [0.05, 0.1) is 12.0 Å². The first-order chi connectivity index (χ1) is 12.4. The van der Waals surface area contributed by atoms with Crippen LogP contribution >= 0.6 is 0 Å². The van der Waals surface area contributed by atoms with Crippen molar-refractivity contribution in [3.05, 3.63) is 47.7 Å². The molecule has 0 radical (unpaired) electrons. The minimum atomic E-state index is -0.942. The summed E-state index contributed by atoms with van der Waals surface area (Å²) >= 11 is 0. The highest BCUT2D eigenvalue weighted by molar-refractivity contribution is 5.76. The third-order valence-corrected chi connectivity index (χ3v) is 5.13. The van der Waals surface area contributed by atoms with E-state index in [4.69, 9.17) is 4.42 Å². The molecule has 26 heavy (non-hydrogen) atoms. The second kappa shape index (κ2) is 7.50. The van der Waals surface area contributed by atoms with Crippen molar-refractivity contribution in [2.24, 2.45) is 0 Å². The van der Waals surface area contributed by atoms with E-state index < -0.39 is 11.5 Å². The summed E-state index contributed by atoms with van der Waals surface area (Å²) in [6.07, 6.45) is 6.62. The first-order valence-electron chi connectivity index (χ1n) is 9.13. The molecule has 0 aliphatic carbocycles. The van der Waals surface area contributed by atoms with E-state index in [0.29, 0.717) is 12.8 Å². The van der Waals surface area contributed by atoms with Crippen molar-refractivity contribution in [2.45, 2.75) is 45.1 Å². The second-order valence-corrected chi connectivity index (χ2v) is 7.46. The number of aromatic nitrogens is 2. The molecule has 3 heterocycles. The number of carbonyl (C=O) groups is 1. The average molecular weight is 357 g/mol. The van der Waals surface area contributed by atoms with E-state index in [1.807, 2.05) is 30.5 Å². The molecule has 2 aromatic heterocycles. The monoisotopic (exact) mass is 357 g/mol. The van der Waals surface area contributed by atoms with Crippen LogP contribution in [0.5, 0.6) is 0 Å². The number of furan rings is 1. The van der Waals surface area contributed by atoms with Gasteiger partial charge in [-0.1, -0.05) is 19.4 Å². The standard InChI is InChI=1S/C20H27N3O3/c1-15(2)18-6-9-23(21-18)20(19(24)25)7-10-22(11-8-20)14-16(3)13-17-5-4-12-26-17/h4-6,9,12-13,15H,7-8,10-11,14H2,1-3H3,(H,24,25)/b16-13+. The third kappa shape index (κ3) is 3.75. The van der Waals surface area contributed by atoms with Crippen LogP contribution in [0.25, 0.3) is 6.08 Å². The number of likely N-dealkylation sites (tertiary alicyclic amines) is 1. The van der Waals surface area contributed by atoms with E-state index in [1.54, 1.807) is 10.9 Å². The maximum atomic E-state index is 12.1. The highest BCUT2D eigenvalue weighted by atomic mass is 16.4. The molecule has 0 amide bonds. The summed E-state index contributed by atoms with van der Waals surface area (Å²) in [5.41, 5.74) is 1.19. The van der Waals surface area contributed by atoms with E-state index in [-0.39, 0.29) is 5.92 Å². The zero-order chi connectivity index (χ0) is 18.7. The molecule has 1 aliphatic rings. The summed E-state index contributed by atoms with van der Waals surface area (Å²) in [6, 6.07) is 5.73. The Bertz CT molecular complexity index is 766. The van der Waals surface area contributed by atoms with E-state index >= 15 is 0 Å². The lowest BCUT2D eigenvalue weighted by Gasteiger charge is -2.39. The molecule has 0 saturated carbocycles. The third-order valence-electron chi connectivity index (χ3n) is 5.13. The topological polar surface area (TPSA) is 71.5 Å². The van der Waals surface area contributed by atoms with Crippen LogP contribution in [0.2, 0.25) is 0 Å². The van der Waals surface area contributed by atoms with Gasteiger partial charge >= 0.3 is 5.97 Å². The SMILES string of the molecule is C/C(=C\c1ccco1)CN1CCC(C(=O)O)(n2ccc(C(C)C)n2)CC1. The first-order valence-corrected chi connectivity index (χ1v) is 9.13. The van der Waals surface area contributed by atoms with E-state index in [0.717, 1.165) is 31.1 Å². The molecule has 0 aromatic carbocycles. The molecule has 0 bridgehead atoms. The fourth-order valence-electron chi connectivity index (χ4n) is 3.52. The summed E-state index contributed by atoms with van der Waals surface area (Å²) < 4.78 is 7.03. The van der Waals surface area contributed by atoms with Gasteiger partial charge in [-0.15, -0.1) is 0 Å². The molecule has 6 nitrogen and oxygen atoms in total. The number of nitrogens with zero attached hydrogens (tertiary/aromatic N) is 3. The van der Waals surface area contributed by atoms with Gasteiger partial charge < -0.3 is 9.52 Å². The number of carboxylic acids is 1. The van der Waals surface area contributed by atoms with Gasteiger partial charge in [-0.2, -0.15) is 5.10 Å². The Balaban J connectivity index is 1.68. The Morgan fingerprint density at radius 1 is 1.38 bits per heavy atom. The fraction of sp³-hybridized carbons (Fsp3) is 0.500. The number of aliphatic carboxylic acids is 1. The lowest BCUT2D eigenvalue weighted by Crippen LogP contribution is -2.51. The number of carboxylic acid groups (broad SMARTS) is 1. The number of piperidine rings is 1. The average Bonchev–Trinajstić information content (AvgIpc) is 3.27. The quantitative estimate of drug-likeness (QED) is 0.855. The molecule has 2 aromatic rings. The number of rotatable bonds is 6. The lowest BCUT2D eigenvalue weighted by atomic mass is 9.87. The summed E-state index contributed by atoms with van der Waals surface area (Å²) in [4.78, 5) is 14.4. The van der Waals surface area contributed by atoms with Crippen LogP contribution in [-0.4, -0.2) is 45.4 Å². The lowest BCUT2D eigenvalue weighted by molar-refractivity contribution is -0.151. The van der Waals surface area contributed by atoms with Gasteiger partial charge in [0, 0.05) is 25.8 Å². The Hall–Kier alpha value is -2.34. The zero-order valence-electron chi connectivity index (χ0n) is 15.7. The summed E-state index contributed by atoms with van der Waals surface area (Å²) in [5, 5.41) is 14.5. The maximum Gasteiger partial charge on any atom is 0.331 e. The highest BCUT2D eigenvalue weighted by Crippen LogP contribution is 2.31. The summed E-state index contributed by atoms with van der Waals surface area (Å²) in [5.74, 6) is 0.340. The van der Waals surface area contributed by atoms with Gasteiger partial charge in [-0.3, -0.25) is 9.58 Å². The van der Waals surface area contributed by atoms with Crippen molar-refractivity contribution in [3.63, 3.8) is 0 Å². The van der Waals surface area contributed by atoms with Crippen molar-refractivity contribution >= 4 is 12.0 Å². The Morgan fingerprint density at radius 2 is 2.12 bits per heavy atom. The van der Waals surface area contributed by atoms with Gasteiger partial charge in [0.1, 0.15) is 5.76 Å². The molecular weight excluding hydrogens is 330 g/mol. The molecule has 140 valence electrons. The number of hydrogen-bond acceptors (Lipinski definition) is 4. The molecule has 1 saturated heterocycles. The summed E-state index contributed by atoms with van der Waals surface area (Å²) in [6.45, 7) is 8.48. The van der Waals surface area contributed by atoms with Crippen molar-refractivity contribution < 1.29 is 14.3 Å². The van der Waals surface area contributed by atoms with Crippen molar-refractivity contribution in [1.82, 2.24) is 14.7 Å². The predicted molar refractivity (Wildman–Crippen MR) is 100.0 cm³/mol. The van der Waals surface area contributed by atoms with E-state index in [2.05, 4.69) is 30.8 Å². The van der Waals surface area contributed by atoms with Gasteiger partial charge in [-0.05, 0) is 50.0 Å². The zero-order valence-corrected chi connectivity index (χ0v) is 15.7. The molecule has 1 N–H and O–H groups in total. The highest BCUT2D eigenvalue weighted by Gasteiger charge is 2.44. The molecule has 6 heteroatoms. The molecule has 0 unspecified atom stereocenters. The first kappa shape index (κ1) is 18.5. The molecule has 1 aliphatic heterocycles. The van der Waals surface area contributed by atoms with Gasteiger partial charge in [0.15, 0.2) is 5.54 Å². The van der Waals surface area contributed by atoms with Crippen LogP contribution in [0.1, 0.15) is 51.0 Å². The largest absolute Gasteiger partial charge is 0.479 e. The molecule has 3 rings (SSSR count). The Kier molecular flexibility index (Phi) is 5.32. The van der Waals surface area contributed by atoms with Crippen LogP contribution in [0.4, 0.5) is 0 Å². The van der Waals surface area contributed by atoms with Crippen molar-refractivity contribution in [2.75, 3.05) is 19.6 Å². The Morgan fingerprint density at radius 3 is 2.65 bits per heavy atom. The van der Waals surface area contributed by atoms with Gasteiger partial charge in [-0.25, -0.2) is 4.79 Å². The van der Waals surface area contributed by atoms with Crippen LogP contribution in [0.15, 0.2) is 40.6 Å². The van der Waals surface area contributed by atoms with Crippen LogP contribution < -0.4 is 0 Å². The van der Waals surface area contributed by atoms with E-state index in [9.17, 15) is 9.90 Å². The van der Waals surface area contributed by atoms with Gasteiger partial charge in [0.2, 0.25) is 0 Å². The molecule has 0 spiro atoms. The Labute approximate surface area is 154 Å². The molecular formula is C20H27N3O3. The van der Waals surface area contributed by atoms with Crippen LogP contribution in [0, 0.1) is 0 Å². The fourth-order valence-corrected chi connectivity index (χ4v) is 3.52. The number of hydrogen-bond donors (Lipinski definition) is 1. The normalized spacial score (nSPS) is 18.4. The minimum Gasteiger partial charge on any atom is -0.479 e. The minimum absolute atomic E-state index is 0.288. The van der Waals surface area contributed by atoms with Crippen molar-refractivity contribution in [3.8, 4) is 0 Å². The van der Waals surface area contributed by atoms with Crippen LogP contribution in [-0.2, 0) is 10.3 Å². The van der Waals surface area contributed by atoms with Gasteiger partial charge in [0.25, 0.3) is 0 Å². The molecule has 0 atom stereocenters. The second-order valence-electron chi connectivity index (χ2n) is 7.46. The van der Waals surface area contributed by atoms with Crippen LogP contribution in [0.3, 0.4) is 0 Å². The molecule has 1 fully saturated rings.